The van der Waals surface area contributed by atoms with E-state index >= 15 is 0 Å². The summed E-state index contributed by atoms with van der Waals surface area (Å²) < 4.78 is 0. The van der Waals surface area contributed by atoms with E-state index in [4.69, 9.17) is 0 Å². The van der Waals surface area contributed by atoms with Crippen molar-refractivity contribution in [3.05, 3.63) is 5.75 Å². The summed E-state index contributed by atoms with van der Waals surface area (Å²) in [6, 6.07) is 0. The summed E-state index contributed by atoms with van der Waals surface area (Å²) in [5.41, 5.74) is 0.755. The molecule has 1 heterocycles. The molecule has 1 saturated heterocycles. The lowest BCUT2D eigenvalue weighted by Gasteiger charge is -2.36. The van der Waals surface area contributed by atoms with Gasteiger partial charge in [0, 0.05) is 11.5 Å². The molecular formula is C7H11S. The fraction of sp³-hybridized carbons (Fsp3) is 0.857. The van der Waals surface area contributed by atoms with Gasteiger partial charge in [0.25, 0.3) is 0 Å². The topological polar surface area (TPSA) is 0 Å². The molecule has 0 aromatic carbocycles. The summed E-state index contributed by atoms with van der Waals surface area (Å²) in [5.74, 6) is 3.88. The van der Waals surface area contributed by atoms with Gasteiger partial charge >= 0.3 is 0 Å². The van der Waals surface area contributed by atoms with Gasteiger partial charge < -0.3 is 0 Å². The Morgan fingerprint density at radius 1 is 1.25 bits per heavy atom. The van der Waals surface area contributed by atoms with Crippen LogP contribution in [0.1, 0.15) is 25.7 Å². The molecule has 0 aromatic heterocycles. The van der Waals surface area contributed by atoms with E-state index in [9.17, 15) is 0 Å². The summed E-state index contributed by atoms with van der Waals surface area (Å²) in [7, 11) is 0. The van der Waals surface area contributed by atoms with Gasteiger partial charge in [0.2, 0.25) is 0 Å². The molecule has 1 aliphatic heterocycles. The van der Waals surface area contributed by atoms with Crippen molar-refractivity contribution in [3.8, 4) is 0 Å². The Hall–Kier alpha value is 0.350. The maximum Gasteiger partial charge on any atom is 0.0236 e. The summed E-state index contributed by atoms with van der Waals surface area (Å²) in [5, 5.41) is 0. The maximum atomic E-state index is 2.46. The monoisotopic (exact) mass is 127 g/mol. The fourth-order valence-corrected chi connectivity index (χ4v) is 2.82. The van der Waals surface area contributed by atoms with Gasteiger partial charge in [-0.2, -0.15) is 11.8 Å². The molecule has 0 nitrogen and oxygen atoms in total. The zero-order valence-electron chi connectivity index (χ0n) is 5.02. The third-order valence-electron chi connectivity index (χ3n) is 2.30. The Bertz CT molecular complexity index is 86.6. The zero-order chi connectivity index (χ0) is 5.45. The maximum absolute atomic E-state index is 2.46. The fourth-order valence-electron chi connectivity index (χ4n) is 1.66. The largest absolute Gasteiger partial charge is 0.156 e. The molecule has 2 aliphatic rings. The molecule has 0 bridgehead atoms. The first-order valence-electron chi connectivity index (χ1n) is 3.37. The molecule has 0 amide bonds. The van der Waals surface area contributed by atoms with Crippen molar-refractivity contribution in [2.24, 2.45) is 5.41 Å². The third-order valence-corrected chi connectivity index (χ3v) is 3.71. The van der Waals surface area contributed by atoms with E-state index in [-0.39, 0.29) is 0 Å². The lowest BCUT2D eigenvalue weighted by molar-refractivity contribution is 0.420. The zero-order valence-corrected chi connectivity index (χ0v) is 5.84. The minimum absolute atomic E-state index is 0.755. The Morgan fingerprint density at radius 2 is 1.88 bits per heavy atom. The molecule has 1 saturated carbocycles. The van der Waals surface area contributed by atoms with Crippen molar-refractivity contribution in [1.82, 2.24) is 0 Å². The van der Waals surface area contributed by atoms with Crippen LogP contribution in [0, 0.1) is 11.2 Å². The first-order chi connectivity index (χ1) is 3.91. The van der Waals surface area contributed by atoms with Crippen LogP contribution in [0.25, 0.3) is 0 Å². The van der Waals surface area contributed by atoms with Crippen molar-refractivity contribution in [3.63, 3.8) is 0 Å². The highest BCUT2D eigenvalue weighted by Gasteiger charge is 2.40. The van der Waals surface area contributed by atoms with Crippen molar-refractivity contribution < 1.29 is 0 Å². The lowest BCUT2D eigenvalue weighted by atomic mass is 9.90. The molecular weight excluding hydrogens is 116 g/mol. The van der Waals surface area contributed by atoms with Gasteiger partial charge in [0.05, 0.1) is 0 Å². The summed E-state index contributed by atoms with van der Waals surface area (Å²) in [4.78, 5) is 0. The quantitative estimate of drug-likeness (QED) is 0.481. The molecule has 1 radical (unpaired) electrons. The van der Waals surface area contributed by atoms with Gasteiger partial charge in [-0.1, -0.05) is 12.8 Å². The highest BCUT2D eigenvalue weighted by molar-refractivity contribution is 8.02. The number of thioether (sulfide) groups is 1. The van der Waals surface area contributed by atoms with Crippen LogP contribution < -0.4 is 0 Å². The molecule has 0 unspecified atom stereocenters. The van der Waals surface area contributed by atoms with Gasteiger partial charge in [-0.05, 0) is 18.3 Å². The van der Waals surface area contributed by atoms with Gasteiger partial charge in [0.15, 0.2) is 0 Å². The molecule has 8 heavy (non-hydrogen) atoms. The smallest absolute Gasteiger partial charge is 0.0236 e. The van der Waals surface area contributed by atoms with Crippen molar-refractivity contribution >= 4 is 11.8 Å². The average Bonchev–Trinajstić information content (AvgIpc) is 2.07. The molecule has 0 aromatic rings. The average molecular weight is 127 g/mol. The van der Waals surface area contributed by atoms with Crippen molar-refractivity contribution in [1.29, 1.82) is 0 Å². The minimum Gasteiger partial charge on any atom is -0.156 e. The summed E-state index contributed by atoms with van der Waals surface area (Å²) in [6.07, 6.45) is 5.94. The second-order valence-corrected chi connectivity index (χ2v) is 3.86. The van der Waals surface area contributed by atoms with Crippen LogP contribution in [0.5, 0.6) is 0 Å². The second-order valence-electron chi connectivity index (χ2n) is 3.00. The molecule has 1 aliphatic carbocycles. The first-order valence-corrected chi connectivity index (χ1v) is 4.42. The van der Waals surface area contributed by atoms with E-state index in [1.165, 1.54) is 31.4 Å². The van der Waals surface area contributed by atoms with Crippen LogP contribution in [-0.4, -0.2) is 5.75 Å². The predicted octanol–water partition coefficient (Wildman–Crippen LogP) is 2.46. The van der Waals surface area contributed by atoms with Crippen molar-refractivity contribution in [2.75, 3.05) is 5.75 Å². The van der Waals surface area contributed by atoms with Crippen LogP contribution in [-0.2, 0) is 0 Å². The molecule has 0 atom stereocenters. The first kappa shape index (κ1) is 5.16. The van der Waals surface area contributed by atoms with Gasteiger partial charge in [-0.25, -0.2) is 0 Å². The number of rotatable bonds is 0. The SMILES string of the molecule is [CH]1SCC12CCCC2. The van der Waals surface area contributed by atoms with Gasteiger partial charge in [-0.3, -0.25) is 0 Å². The van der Waals surface area contributed by atoms with E-state index < -0.39 is 0 Å². The Kier molecular flexibility index (Phi) is 1.07. The van der Waals surface area contributed by atoms with Crippen LogP contribution in [0.4, 0.5) is 0 Å². The Morgan fingerprint density at radius 3 is 2.12 bits per heavy atom. The van der Waals surface area contributed by atoms with Crippen molar-refractivity contribution in [2.45, 2.75) is 25.7 Å². The number of hydrogen-bond donors (Lipinski definition) is 0. The highest BCUT2D eigenvalue weighted by atomic mass is 32.2. The Balaban J connectivity index is 2.01. The van der Waals surface area contributed by atoms with E-state index in [1.54, 1.807) is 0 Å². The lowest BCUT2D eigenvalue weighted by Crippen LogP contribution is -2.27. The van der Waals surface area contributed by atoms with Gasteiger partial charge in [-0.15, -0.1) is 0 Å². The summed E-state index contributed by atoms with van der Waals surface area (Å²) >= 11 is 2.01. The normalized spacial score (nSPS) is 33.0. The van der Waals surface area contributed by atoms with E-state index in [2.05, 4.69) is 5.75 Å². The standard InChI is InChI=1S/C7H11S/c1-2-4-7(3-1)5-8-6-7/h5H,1-4,6H2. The molecule has 45 valence electrons. The van der Waals surface area contributed by atoms with Crippen LogP contribution in [0.3, 0.4) is 0 Å². The van der Waals surface area contributed by atoms with E-state index in [0.29, 0.717) is 0 Å². The minimum atomic E-state index is 0.755. The highest BCUT2D eigenvalue weighted by Crippen LogP contribution is 2.53. The molecule has 1 spiro atoms. The predicted molar refractivity (Wildman–Crippen MR) is 37.7 cm³/mol. The van der Waals surface area contributed by atoms with Crippen LogP contribution in [0.15, 0.2) is 0 Å². The van der Waals surface area contributed by atoms with E-state index in [1.807, 2.05) is 11.8 Å². The Labute approximate surface area is 55.0 Å². The molecule has 2 rings (SSSR count). The molecule has 1 heteroatoms. The number of hydrogen-bond acceptors (Lipinski definition) is 1. The van der Waals surface area contributed by atoms with Gasteiger partial charge in [0.1, 0.15) is 0 Å². The van der Waals surface area contributed by atoms with Crippen LogP contribution in [0.2, 0.25) is 0 Å². The van der Waals surface area contributed by atoms with E-state index in [0.717, 1.165) is 5.41 Å². The molecule has 0 N–H and O–H groups in total. The van der Waals surface area contributed by atoms with Crippen LogP contribution >= 0.6 is 11.8 Å². The second kappa shape index (κ2) is 1.66. The molecule has 2 fully saturated rings. The third kappa shape index (κ3) is 0.604. The summed E-state index contributed by atoms with van der Waals surface area (Å²) in [6.45, 7) is 0.